The molecule has 1 aliphatic heterocycles. The van der Waals surface area contributed by atoms with E-state index in [4.69, 9.17) is 14.2 Å². The van der Waals surface area contributed by atoms with Crippen molar-refractivity contribution in [3.05, 3.63) is 82.0 Å². The van der Waals surface area contributed by atoms with Gasteiger partial charge in [0.25, 0.3) is 5.91 Å². The molecule has 0 saturated heterocycles. The number of rotatable bonds is 10. The zero-order chi connectivity index (χ0) is 23.0. The minimum atomic E-state index is -0.194. The van der Waals surface area contributed by atoms with Crippen LogP contribution in [0.15, 0.2) is 66.0 Å². The van der Waals surface area contributed by atoms with E-state index in [2.05, 4.69) is 0 Å². The fourth-order valence-corrected chi connectivity index (χ4v) is 4.28. The van der Waals surface area contributed by atoms with Gasteiger partial charge in [-0.3, -0.25) is 9.59 Å². The van der Waals surface area contributed by atoms with Gasteiger partial charge in [0.15, 0.2) is 11.5 Å². The van der Waals surface area contributed by atoms with E-state index < -0.39 is 0 Å². The second kappa shape index (κ2) is 11.0. The zero-order valence-corrected chi connectivity index (χ0v) is 19.3. The topological polar surface area (TPSA) is 68.3 Å². The molecular weight excluding hydrogens is 440 g/mol. The van der Waals surface area contributed by atoms with Gasteiger partial charge < -0.3 is 24.0 Å². The smallest absolute Gasteiger partial charge is 0.254 e. The Morgan fingerprint density at radius 1 is 0.970 bits per heavy atom. The number of hydrogen-bond acceptors (Lipinski definition) is 6. The zero-order valence-electron chi connectivity index (χ0n) is 18.4. The van der Waals surface area contributed by atoms with Gasteiger partial charge in [-0.1, -0.05) is 30.3 Å². The molecule has 0 atom stereocenters. The molecule has 0 N–H and O–H groups in total. The first-order chi connectivity index (χ1) is 16.1. The highest BCUT2D eigenvalue weighted by atomic mass is 32.1. The van der Waals surface area contributed by atoms with Crippen LogP contribution in [0.3, 0.4) is 0 Å². The summed E-state index contributed by atoms with van der Waals surface area (Å²) in [6.45, 7) is 1.69. The average Bonchev–Trinajstić information content (AvgIpc) is 3.53. The predicted octanol–water partition coefficient (Wildman–Crippen LogP) is 3.79. The Labute approximate surface area is 197 Å². The number of ether oxygens (including phenoxy) is 3. The first-order valence-corrected chi connectivity index (χ1v) is 11.5. The van der Waals surface area contributed by atoms with Crippen LogP contribution >= 0.6 is 11.3 Å². The van der Waals surface area contributed by atoms with E-state index >= 15 is 0 Å². The Balaban J connectivity index is 1.52. The van der Waals surface area contributed by atoms with Crippen LogP contribution in [0.5, 0.6) is 11.5 Å². The number of carbonyl (C=O) groups is 2. The molecule has 1 aromatic heterocycles. The van der Waals surface area contributed by atoms with Crippen LogP contribution < -0.4 is 9.47 Å². The van der Waals surface area contributed by atoms with E-state index in [1.807, 2.05) is 53.9 Å². The van der Waals surface area contributed by atoms with Crippen LogP contribution in [0, 0.1) is 0 Å². The Bertz CT molecular complexity index is 1070. The minimum absolute atomic E-state index is 0.0347. The lowest BCUT2D eigenvalue weighted by atomic mass is 10.1. The molecule has 2 heterocycles. The molecule has 33 heavy (non-hydrogen) atoms. The highest BCUT2D eigenvalue weighted by Crippen LogP contribution is 2.33. The molecule has 2 aromatic carbocycles. The molecule has 0 fully saturated rings. The summed E-state index contributed by atoms with van der Waals surface area (Å²) in [7, 11) is 1.58. The van der Waals surface area contributed by atoms with Gasteiger partial charge in [-0.05, 0) is 41.3 Å². The molecule has 0 radical (unpaired) electrons. The van der Waals surface area contributed by atoms with Gasteiger partial charge in [0.2, 0.25) is 12.7 Å². The number of hydrogen-bond donors (Lipinski definition) is 0. The minimum Gasteiger partial charge on any atom is -0.454 e. The van der Waals surface area contributed by atoms with Crippen molar-refractivity contribution in [2.24, 2.45) is 0 Å². The molecule has 7 nitrogen and oxygen atoms in total. The Morgan fingerprint density at radius 2 is 1.79 bits per heavy atom. The normalized spacial score (nSPS) is 11.9. The number of nitrogens with zero attached hydrogens (tertiary/aromatic N) is 2. The molecule has 0 aliphatic carbocycles. The van der Waals surface area contributed by atoms with Crippen molar-refractivity contribution < 1.29 is 23.8 Å². The Hall–Kier alpha value is -3.36. The third-order valence-corrected chi connectivity index (χ3v) is 6.15. The lowest BCUT2D eigenvalue weighted by molar-refractivity contribution is -0.133. The Morgan fingerprint density at radius 3 is 2.55 bits per heavy atom. The molecule has 0 unspecified atom stereocenters. The van der Waals surface area contributed by atoms with Crippen LogP contribution in [-0.4, -0.2) is 55.2 Å². The van der Waals surface area contributed by atoms with E-state index in [9.17, 15) is 9.59 Å². The highest BCUT2D eigenvalue weighted by molar-refractivity contribution is 7.09. The van der Waals surface area contributed by atoms with E-state index in [1.165, 1.54) is 0 Å². The molecule has 3 aromatic rings. The molecule has 4 rings (SSSR count). The van der Waals surface area contributed by atoms with Crippen LogP contribution in [-0.2, 0) is 22.6 Å². The van der Waals surface area contributed by atoms with Crippen molar-refractivity contribution in [2.45, 2.75) is 13.1 Å². The van der Waals surface area contributed by atoms with Crippen molar-refractivity contribution in [1.82, 2.24) is 9.80 Å². The monoisotopic (exact) mass is 466 g/mol. The van der Waals surface area contributed by atoms with E-state index in [0.29, 0.717) is 43.3 Å². The number of carbonyl (C=O) groups excluding carboxylic acids is 2. The maximum absolute atomic E-state index is 13.5. The lowest BCUT2D eigenvalue weighted by Gasteiger charge is -2.27. The second-order valence-corrected chi connectivity index (χ2v) is 8.63. The van der Waals surface area contributed by atoms with Gasteiger partial charge in [-0.15, -0.1) is 11.3 Å². The van der Waals surface area contributed by atoms with Crippen LogP contribution in [0.1, 0.15) is 20.8 Å². The van der Waals surface area contributed by atoms with E-state index in [1.54, 1.807) is 40.4 Å². The summed E-state index contributed by atoms with van der Waals surface area (Å²) in [5, 5.41) is 1.99. The largest absolute Gasteiger partial charge is 0.454 e. The summed E-state index contributed by atoms with van der Waals surface area (Å²) in [5.74, 6) is 1.05. The van der Waals surface area contributed by atoms with Gasteiger partial charge in [-0.25, -0.2) is 0 Å². The van der Waals surface area contributed by atoms with Crippen molar-refractivity contribution in [3.63, 3.8) is 0 Å². The second-order valence-electron chi connectivity index (χ2n) is 7.60. The molecule has 8 heteroatoms. The van der Waals surface area contributed by atoms with Crippen LogP contribution in [0.4, 0.5) is 0 Å². The third-order valence-electron chi connectivity index (χ3n) is 5.29. The van der Waals surface area contributed by atoms with Gasteiger partial charge >= 0.3 is 0 Å². The maximum atomic E-state index is 13.5. The number of fused-ring (bicyclic) bond motifs is 1. The van der Waals surface area contributed by atoms with Crippen LogP contribution in [0.25, 0.3) is 0 Å². The number of benzene rings is 2. The van der Waals surface area contributed by atoms with Crippen molar-refractivity contribution in [3.8, 4) is 11.5 Å². The van der Waals surface area contributed by atoms with Gasteiger partial charge in [0.1, 0.15) is 6.54 Å². The standard InChI is InChI=1S/C25H26N2O5S/c1-30-12-11-26(25(29)20-6-3-2-4-7-20)17-24(28)27(16-21-8-5-13-33-21)15-19-9-10-22-23(14-19)32-18-31-22/h2-10,13-14H,11-12,15-18H2,1H3. The van der Waals surface area contributed by atoms with Gasteiger partial charge in [-0.2, -0.15) is 0 Å². The summed E-state index contributed by atoms with van der Waals surface area (Å²) in [5.41, 5.74) is 1.48. The lowest BCUT2D eigenvalue weighted by Crippen LogP contribution is -2.43. The fourth-order valence-electron chi connectivity index (χ4n) is 3.56. The number of amides is 2. The van der Waals surface area contributed by atoms with Crippen LogP contribution in [0.2, 0.25) is 0 Å². The maximum Gasteiger partial charge on any atom is 0.254 e. The average molecular weight is 467 g/mol. The predicted molar refractivity (Wildman–Crippen MR) is 125 cm³/mol. The summed E-state index contributed by atoms with van der Waals surface area (Å²) in [6.07, 6.45) is 0. The third kappa shape index (κ3) is 5.91. The molecule has 0 spiro atoms. The number of thiophene rings is 1. The van der Waals surface area contributed by atoms with Crippen molar-refractivity contribution in [2.75, 3.05) is 33.6 Å². The molecule has 2 amide bonds. The summed E-state index contributed by atoms with van der Waals surface area (Å²) >= 11 is 1.60. The van der Waals surface area contributed by atoms with E-state index in [-0.39, 0.29) is 25.2 Å². The Kier molecular flexibility index (Phi) is 7.59. The molecular formula is C25H26N2O5S. The van der Waals surface area contributed by atoms with Crippen molar-refractivity contribution >= 4 is 23.2 Å². The fraction of sp³-hybridized carbons (Fsp3) is 0.280. The van der Waals surface area contributed by atoms with Gasteiger partial charge in [0.05, 0.1) is 13.2 Å². The first kappa shape index (κ1) is 22.8. The summed E-state index contributed by atoms with van der Waals surface area (Å²) in [6, 6.07) is 18.6. The highest BCUT2D eigenvalue weighted by Gasteiger charge is 2.23. The molecule has 0 bridgehead atoms. The quantitative estimate of drug-likeness (QED) is 0.455. The van der Waals surface area contributed by atoms with Gasteiger partial charge in [0, 0.05) is 30.6 Å². The van der Waals surface area contributed by atoms with E-state index in [0.717, 1.165) is 10.4 Å². The summed E-state index contributed by atoms with van der Waals surface area (Å²) in [4.78, 5) is 30.9. The molecule has 0 saturated carbocycles. The summed E-state index contributed by atoms with van der Waals surface area (Å²) < 4.78 is 16.1. The SMILES string of the molecule is COCCN(CC(=O)N(Cc1ccc2c(c1)OCO2)Cc1cccs1)C(=O)c1ccccc1. The molecule has 172 valence electrons. The number of methoxy groups -OCH3 is 1. The molecule has 1 aliphatic rings. The van der Waals surface area contributed by atoms with Crippen molar-refractivity contribution in [1.29, 1.82) is 0 Å². The first-order valence-electron chi connectivity index (χ1n) is 10.7.